The topological polar surface area (TPSA) is 101 Å². The Morgan fingerprint density at radius 2 is 2.00 bits per heavy atom. The summed E-state index contributed by atoms with van der Waals surface area (Å²) in [6.07, 6.45) is 0. The van der Waals surface area contributed by atoms with Gasteiger partial charge in [-0.3, -0.25) is 4.79 Å². The quantitative estimate of drug-likeness (QED) is 0.698. The fraction of sp³-hybridized carbons (Fsp3) is 0.467. The second-order valence-electron chi connectivity index (χ2n) is 5.39. The lowest BCUT2D eigenvalue weighted by atomic mass is 10.2. The maximum atomic E-state index is 12.0. The Morgan fingerprint density at radius 1 is 1.25 bits per heavy atom. The number of benzene rings is 1. The monoisotopic (exact) mass is 334 g/mol. The smallest absolute Gasteiger partial charge is 0.314 e. The third kappa shape index (κ3) is 4.42. The van der Waals surface area contributed by atoms with Crippen LogP contribution in [0, 0.1) is 0 Å². The van der Waals surface area contributed by atoms with E-state index in [1.54, 1.807) is 38.0 Å². The predicted molar refractivity (Wildman–Crippen MR) is 88.8 cm³/mol. The second-order valence-corrected chi connectivity index (χ2v) is 5.39. The summed E-state index contributed by atoms with van der Waals surface area (Å²) in [6, 6.07) is 5.02. The highest BCUT2D eigenvalue weighted by Gasteiger charge is 2.11. The van der Waals surface area contributed by atoms with Crippen LogP contribution in [0.3, 0.4) is 0 Å². The lowest BCUT2D eigenvalue weighted by Crippen LogP contribution is -2.38. The number of amides is 3. The van der Waals surface area contributed by atoms with Gasteiger partial charge in [-0.2, -0.15) is 0 Å². The Morgan fingerprint density at radius 3 is 2.71 bits per heavy atom. The Balaban J connectivity index is 1.94. The molecular weight excluding hydrogens is 312 g/mol. The zero-order valence-electron chi connectivity index (χ0n) is 14.1. The summed E-state index contributed by atoms with van der Waals surface area (Å²) < 4.78 is 6.54. The molecule has 0 aliphatic carbocycles. The number of rotatable bonds is 7. The summed E-state index contributed by atoms with van der Waals surface area (Å²) >= 11 is 0. The maximum Gasteiger partial charge on any atom is 0.314 e. The van der Waals surface area contributed by atoms with E-state index >= 15 is 0 Å². The van der Waals surface area contributed by atoms with Gasteiger partial charge in [0.15, 0.2) is 0 Å². The van der Waals surface area contributed by atoms with Gasteiger partial charge in [-0.25, -0.2) is 9.48 Å². The predicted octanol–water partition coefficient (Wildman–Crippen LogP) is 0.0787. The molecule has 9 nitrogen and oxygen atoms in total. The molecular formula is C15H22N6O3. The van der Waals surface area contributed by atoms with Gasteiger partial charge in [0.25, 0.3) is 5.91 Å². The average Bonchev–Trinajstić information content (AvgIpc) is 2.96. The van der Waals surface area contributed by atoms with Gasteiger partial charge in [-0.05, 0) is 18.2 Å². The van der Waals surface area contributed by atoms with E-state index in [4.69, 9.17) is 4.74 Å². The fourth-order valence-corrected chi connectivity index (χ4v) is 2.13. The first-order valence-electron chi connectivity index (χ1n) is 7.58. The first-order chi connectivity index (χ1) is 11.5. The Hall–Kier alpha value is -2.68. The molecule has 0 fully saturated rings. The number of hydrogen-bond acceptors (Lipinski definition) is 5. The number of aromatic nitrogens is 3. The van der Waals surface area contributed by atoms with Crippen LogP contribution >= 0.6 is 0 Å². The largest absolute Gasteiger partial charge is 0.383 e. The molecule has 0 unspecified atom stereocenters. The molecule has 0 radical (unpaired) electrons. The average molecular weight is 334 g/mol. The van der Waals surface area contributed by atoms with Crippen molar-refractivity contribution in [1.82, 2.24) is 30.5 Å². The number of hydrogen-bond donors (Lipinski definition) is 2. The first kappa shape index (κ1) is 17.7. The van der Waals surface area contributed by atoms with Gasteiger partial charge in [0.05, 0.1) is 18.7 Å². The zero-order chi connectivity index (χ0) is 17.5. The zero-order valence-corrected chi connectivity index (χ0v) is 14.1. The summed E-state index contributed by atoms with van der Waals surface area (Å²) in [6.45, 7) is 1.82. The van der Waals surface area contributed by atoms with Gasteiger partial charge in [0.1, 0.15) is 5.52 Å². The number of carbonyl (C=O) groups is 2. The number of nitrogens with one attached hydrogen (secondary N) is 2. The van der Waals surface area contributed by atoms with E-state index in [9.17, 15) is 9.59 Å². The van der Waals surface area contributed by atoms with Gasteiger partial charge < -0.3 is 20.3 Å². The van der Waals surface area contributed by atoms with Crippen LogP contribution in [-0.2, 0) is 11.3 Å². The molecule has 0 saturated heterocycles. The number of ether oxygens (including phenoxy) is 1. The second kappa shape index (κ2) is 8.25. The number of carbonyl (C=O) groups excluding carboxylic acids is 2. The SMILES string of the molecule is COCCNC(=O)NCCn1nnc2cc(C(=O)N(C)C)ccc21. The molecule has 0 aliphatic heterocycles. The minimum absolute atomic E-state index is 0.0825. The van der Waals surface area contributed by atoms with Crippen molar-refractivity contribution >= 4 is 23.0 Å². The summed E-state index contributed by atoms with van der Waals surface area (Å²) in [5.74, 6) is -0.0825. The molecule has 24 heavy (non-hydrogen) atoms. The Kier molecular flexibility index (Phi) is 6.07. The summed E-state index contributed by atoms with van der Waals surface area (Å²) in [5.41, 5.74) is 2.02. The van der Waals surface area contributed by atoms with Crippen molar-refractivity contribution in [2.24, 2.45) is 0 Å². The highest BCUT2D eigenvalue weighted by molar-refractivity contribution is 5.97. The Labute approximate surface area is 139 Å². The van der Waals surface area contributed by atoms with E-state index in [2.05, 4.69) is 20.9 Å². The van der Waals surface area contributed by atoms with Crippen molar-refractivity contribution in [3.63, 3.8) is 0 Å². The molecule has 0 spiro atoms. The van der Waals surface area contributed by atoms with Crippen molar-refractivity contribution < 1.29 is 14.3 Å². The molecule has 1 aromatic heterocycles. The maximum absolute atomic E-state index is 12.0. The molecule has 0 aliphatic rings. The molecule has 9 heteroatoms. The highest BCUT2D eigenvalue weighted by atomic mass is 16.5. The normalized spacial score (nSPS) is 10.6. The highest BCUT2D eigenvalue weighted by Crippen LogP contribution is 2.14. The van der Waals surface area contributed by atoms with Crippen molar-refractivity contribution in [2.45, 2.75) is 6.54 Å². The third-order valence-corrected chi connectivity index (χ3v) is 3.37. The van der Waals surface area contributed by atoms with Crippen molar-refractivity contribution in [2.75, 3.05) is 40.9 Å². The van der Waals surface area contributed by atoms with Crippen LogP contribution in [0.1, 0.15) is 10.4 Å². The minimum atomic E-state index is -0.254. The van der Waals surface area contributed by atoms with Crippen molar-refractivity contribution in [1.29, 1.82) is 0 Å². The van der Waals surface area contributed by atoms with E-state index in [1.807, 2.05) is 6.07 Å². The molecule has 2 aromatic rings. The lowest BCUT2D eigenvalue weighted by Gasteiger charge is -2.10. The van der Waals surface area contributed by atoms with E-state index < -0.39 is 0 Å². The van der Waals surface area contributed by atoms with Crippen LogP contribution in [0.25, 0.3) is 11.0 Å². The molecule has 2 rings (SSSR count). The number of nitrogens with zero attached hydrogens (tertiary/aromatic N) is 4. The molecule has 3 amide bonds. The number of fused-ring (bicyclic) bond motifs is 1. The molecule has 1 heterocycles. The third-order valence-electron chi connectivity index (χ3n) is 3.37. The number of methoxy groups -OCH3 is 1. The number of urea groups is 1. The van der Waals surface area contributed by atoms with Gasteiger partial charge in [0, 0.05) is 39.9 Å². The van der Waals surface area contributed by atoms with Crippen LogP contribution in [-0.4, -0.2) is 72.7 Å². The molecule has 2 N–H and O–H groups in total. The molecule has 1 aromatic carbocycles. The van der Waals surface area contributed by atoms with Crippen LogP contribution in [0.15, 0.2) is 18.2 Å². The molecule has 0 saturated carbocycles. The van der Waals surface area contributed by atoms with E-state index in [0.29, 0.717) is 37.3 Å². The van der Waals surface area contributed by atoms with Crippen LogP contribution in [0.5, 0.6) is 0 Å². The van der Waals surface area contributed by atoms with Gasteiger partial charge in [0.2, 0.25) is 0 Å². The minimum Gasteiger partial charge on any atom is -0.383 e. The summed E-state index contributed by atoms with van der Waals surface area (Å²) in [4.78, 5) is 25.0. The van der Waals surface area contributed by atoms with Crippen molar-refractivity contribution in [3.05, 3.63) is 23.8 Å². The van der Waals surface area contributed by atoms with E-state index in [-0.39, 0.29) is 11.9 Å². The summed E-state index contributed by atoms with van der Waals surface area (Å²) in [7, 11) is 4.98. The Bertz CT molecular complexity index is 712. The molecule has 0 atom stereocenters. The van der Waals surface area contributed by atoms with E-state index in [0.717, 1.165) is 5.52 Å². The molecule has 0 bridgehead atoms. The lowest BCUT2D eigenvalue weighted by molar-refractivity contribution is 0.0827. The van der Waals surface area contributed by atoms with Crippen LogP contribution < -0.4 is 10.6 Å². The van der Waals surface area contributed by atoms with Crippen LogP contribution in [0.4, 0.5) is 4.79 Å². The van der Waals surface area contributed by atoms with Gasteiger partial charge in [-0.15, -0.1) is 5.10 Å². The van der Waals surface area contributed by atoms with Gasteiger partial charge in [-0.1, -0.05) is 5.21 Å². The molecule has 130 valence electrons. The van der Waals surface area contributed by atoms with Gasteiger partial charge >= 0.3 is 6.03 Å². The summed E-state index contributed by atoms with van der Waals surface area (Å²) in [5, 5.41) is 13.5. The van der Waals surface area contributed by atoms with Crippen LogP contribution in [0.2, 0.25) is 0 Å². The first-order valence-corrected chi connectivity index (χ1v) is 7.58. The fourth-order valence-electron chi connectivity index (χ4n) is 2.13. The standard InChI is InChI=1S/C15H22N6O3/c1-20(2)14(22)11-4-5-13-12(10-11)18-19-21(13)8-6-16-15(23)17-7-9-24-3/h4-5,10H,6-9H2,1-3H3,(H2,16,17,23). The van der Waals surface area contributed by atoms with E-state index in [1.165, 1.54) is 4.90 Å². The van der Waals surface area contributed by atoms with Crippen molar-refractivity contribution in [3.8, 4) is 0 Å².